The molecule has 0 spiro atoms. The number of Topliss-reactive ketones (excluding diaryl/α,β-unsaturated/α-hetero) is 1. The Bertz CT molecular complexity index is 1380. The molecule has 1 fully saturated rings. The number of rotatable bonds is 4. The Hall–Kier alpha value is -4.06. The molecule has 4 aromatic rings. The maximum absolute atomic E-state index is 13.2. The van der Waals surface area contributed by atoms with Crippen molar-refractivity contribution in [3.63, 3.8) is 0 Å². The van der Waals surface area contributed by atoms with Crippen LogP contribution >= 0.6 is 0 Å². The number of aliphatic hydroxyl groups excluding tert-OH is 1. The van der Waals surface area contributed by atoms with Gasteiger partial charge in [0.15, 0.2) is 0 Å². The van der Waals surface area contributed by atoms with Crippen LogP contribution in [-0.2, 0) is 16.1 Å². The number of nitrogens with one attached hydrogen (secondary N) is 1. The number of nitrogens with zero attached hydrogens (tertiary/aromatic N) is 1. The number of aromatic amines is 1. The first-order valence-electron chi connectivity index (χ1n) is 10.4. The average Bonchev–Trinajstić information content (AvgIpc) is 3.51. The van der Waals surface area contributed by atoms with Crippen molar-refractivity contribution in [2.75, 3.05) is 0 Å². The first-order chi connectivity index (χ1) is 15.5. The molecule has 3 heterocycles. The summed E-state index contributed by atoms with van der Waals surface area (Å²) in [5, 5.41) is 12.0. The molecule has 1 aliphatic rings. The summed E-state index contributed by atoms with van der Waals surface area (Å²) in [7, 11) is 0. The molecule has 5 rings (SSSR count). The molecule has 1 atom stereocenters. The van der Waals surface area contributed by atoms with Crippen molar-refractivity contribution in [2.45, 2.75) is 26.4 Å². The number of ketones is 1. The van der Waals surface area contributed by atoms with Crippen molar-refractivity contribution >= 4 is 28.4 Å². The van der Waals surface area contributed by atoms with Crippen molar-refractivity contribution in [1.82, 2.24) is 9.88 Å². The second kappa shape index (κ2) is 7.57. The van der Waals surface area contributed by atoms with Crippen molar-refractivity contribution < 1.29 is 19.1 Å². The second-order valence-corrected chi connectivity index (χ2v) is 8.12. The maximum atomic E-state index is 13.2. The molecular weight excluding hydrogens is 404 g/mol. The Morgan fingerprint density at radius 1 is 1.09 bits per heavy atom. The highest BCUT2D eigenvalue weighted by molar-refractivity contribution is 6.46. The molecule has 2 aromatic heterocycles. The Morgan fingerprint density at radius 2 is 1.91 bits per heavy atom. The third-order valence-electron chi connectivity index (χ3n) is 6.04. The molecule has 0 bridgehead atoms. The van der Waals surface area contributed by atoms with E-state index in [9.17, 15) is 14.7 Å². The largest absolute Gasteiger partial charge is 0.507 e. The summed E-state index contributed by atoms with van der Waals surface area (Å²) in [5.41, 5.74) is 4.36. The van der Waals surface area contributed by atoms with Gasteiger partial charge in [-0.3, -0.25) is 9.59 Å². The number of amides is 1. The van der Waals surface area contributed by atoms with E-state index in [1.54, 1.807) is 18.3 Å². The highest BCUT2D eigenvalue weighted by Crippen LogP contribution is 2.41. The molecule has 1 aliphatic heterocycles. The average molecular weight is 426 g/mol. The summed E-state index contributed by atoms with van der Waals surface area (Å²) in [5.74, 6) is -1.17. The molecule has 0 radical (unpaired) electrons. The number of carbonyl (C=O) groups excluding carboxylic acids is 2. The van der Waals surface area contributed by atoms with E-state index in [-0.39, 0.29) is 17.9 Å². The van der Waals surface area contributed by atoms with Crippen molar-refractivity contribution in [3.05, 3.63) is 101 Å². The Balaban J connectivity index is 1.67. The minimum Gasteiger partial charge on any atom is -0.507 e. The van der Waals surface area contributed by atoms with Gasteiger partial charge in [0.05, 0.1) is 11.8 Å². The number of aryl methyl sites for hydroxylation is 2. The van der Waals surface area contributed by atoms with Gasteiger partial charge in [-0.05, 0) is 43.2 Å². The van der Waals surface area contributed by atoms with Gasteiger partial charge in [-0.2, -0.15) is 0 Å². The van der Waals surface area contributed by atoms with Crippen LogP contribution in [0.25, 0.3) is 16.7 Å². The van der Waals surface area contributed by atoms with Gasteiger partial charge in [-0.15, -0.1) is 0 Å². The summed E-state index contributed by atoms with van der Waals surface area (Å²) in [4.78, 5) is 30.9. The van der Waals surface area contributed by atoms with E-state index in [0.717, 1.165) is 27.6 Å². The Kier molecular flexibility index (Phi) is 4.70. The molecule has 160 valence electrons. The normalized spacial score (nSPS) is 18.1. The third kappa shape index (κ3) is 3.12. The number of carbonyl (C=O) groups is 2. The highest BCUT2D eigenvalue weighted by atomic mass is 16.3. The minimum absolute atomic E-state index is 0.0278. The van der Waals surface area contributed by atoms with E-state index < -0.39 is 17.7 Å². The van der Waals surface area contributed by atoms with E-state index in [1.165, 1.54) is 11.2 Å². The fourth-order valence-corrected chi connectivity index (χ4v) is 4.35. The number of para-hydroxylation sites is 1. The second-order valence-electron chi connectivity index (χ2n) is 8.12. The maximum Gasteiger partial charge on any atom is 0.296 e. The third-order valence-corrected chi connectivity index (χ3v) is 6.04. The molecule has 6 nitrogen and oxygen atoms in total. The molecule has 1 unspecified atom stereocenters. The van der Waals surface area contributed by atoms with Gasteiger partial charge in [0.1, 0.15) is 17.6 Å². The fourth-order valence-electron chi connectivity index (χ4n) is 4.35. The lowest BCUT2D eigenvalue weighted by atomic mass is 9.98. The van der Waals surface area contributed by atoms with Crippen molar-refractivity contribution in [1.29, 1.82) is 0 Å². The smallest absolute Gasteiger partial charge is 0.296 e. The van der Waals surface area contributed by atoms with Crippen LogP contribution in [0.4, 0.5) is 0 Å². The lowest BCUT2D eigenvalue weighted by Crippen LogP contribution is -2.29. The Labute approximate surface area is 184 Å². The lowest BCUT2D eigenvalue weighted by molar-refractivity contribution is -0.140. The standard InChI is InChI=1S/C26H22N2O4/c1-15-9-10-16(2)17(12-15)14-28-23(21-8-5-11-32-21)22(25(30)26(28)31)24(29)19-13-27-20-7-4-3-6-18(19)20/h3-13,23,27,29H,14H2,1-2H3/b24-22-. The van der Waals surface area contributed by atoms with E-state index in [0.29, 0.717) is 11.3 Å². The summed E-state index contributed by atoms with van der Waals surface area (Å²) < 4.78 is 5.62. The van der Waals surface area contributed by atoms with Gasteiger partial charge in [-0.25, -0.2) is 0 Å². The first-order valence-corrected chi connectivity index (χ1v) is 10.4. The van der Waals surface area contributed by atoms with Crippen LogP contribution in [0.3, 0.4) is 0 Å². The van der Waals surface area contributed by atoms with Crippen LogP contribution in [0.1, 0.15) is 34.1 Å². The van der Waals surface area contributed by atoms with Crippen LogP contribution in [0, 0.1) is 13.8 Å². The van der Waals surface area contributed by atoms with Gasteiger partial charge in [0.2, 0.25) is 0 Å². The number of aromatic nitrogens is 1. The number of hydrogen-bond donors (Lipinski definition) is 2. The molecule has 0 aliphatic carbocycles. The van der Waals surface area contributed by atoms with E-state index in [1.807, 2.05) is 56.3 Å². The molecular formula is C26H22N2O4. The molecule has 32 heavy (non-hydrogen) atoms. The van der Waals surface area contributed by atoms with E-state index in [2.05, 4.69) is 4.98 Å². The fraction of sp³-hybridized carbons (Fsp3) is 0.154. The number of hydrogen-bond acceptors (Lipinski definition) is 4. The van der Waals surface area contributed by atoms with Gasteiger partial charge in [0, 0.05) is 29.2 Å². The predicted molar refractivity (Wildman–Crippen MR) is 121 cm³/mol. The summed E-state index contributed by atoms with van der Waals surface area (Å²) in [6.45, 7) is 4.19. The number of furan rings is 1. The van der Waals surface area contributed by atoms with E-state index >= 15 is 0 Å². The molecule has 0 saturated carbocycles. The predicted octanol–water partition coefficient (Wildman–Crippen LogP) is 5.00. The van der Waals surface area contributed by atoms with Crippen LogP contribution in [0.15, 0.2) is 77.0 Å². The summed E-state index contributed by atoms with van der Waals surface area (Å²) in [6.07, 6.45) is 3.15. The summed E-state index contributed by atoms with van der Waals surface area (Å²) in [6, 6.07) is 16.1. The lowest BCUT2D eigenvalue weighted by Gasteiger charge is -2.24. The zero-order valence-corrected chi connectivity index (χ0v) is 17.8. The van der Waals surface area contributed by atoms with Gasteiger partial charge >= 0.3 is 0 Å². The molecule has 1 amide bonds. The zero-order chi connectivity index (χ0) is 22.4. The number of aliphatic hydroxyl groups is 1. The van der Waals surface area contributed by atoms with Gasteiger partial charge < -0.3 is 19.4 Å². The molecule has 2 aromatic carbocycles. The molecule has 6 heteroatoms. The van der Waals surface area contributed by atoms with Gasteiger partial charge in [-0.1, -0.05) is 42.0 Å². The SMILES string of the molecule is Cc1ccc(C)c(CN2C(=O)C(=O)/C(=C(\O)c3c[nH]c4ccccc34)C2c2ccco2)c1. The molecule has 2 N–H and O–H groups in total. The highest BCUT2D eigenvalue weighted by Gasteiger charge is 2.47. The number of fused-ring (bicyclic) bond motifs is 1. The monoisotopic (exact) mass is 426 g/mol. The van der Waals surface area contributed by atoms with Crippen molar-refractivity contribution in [3.8, 4) is 0 Å². The quantitative estimate of drug-likeness (QED) is 0.273. The minimum atomic E-state index is -0.821. The summed E-state index contributed by atoms with van der Waals surface area (Å²) >= 11 is 0. The first kappa shape index (κ1) is 19.9. The zero-order valence-electron chi connectivity index (χ0n) is 17.8. The van der Waals surface area contributed by atoms with Crippen LogP contribution in [0.2, 0.25) is 0 Å². The van der Waals surface area contributed by atoms with Crippen LogP contribution in [-0.4, -0.2) is 26.7 Å². The van der Waals surface area contributed by atoms with Crippen LogP contribution < -0.4 is 0 Å². The van der Waals surface area contributed by atoms with E-state index in [4.69, 9.17) is 4.42 Å². The number of likely N-dealkylation sites (tertiary alicyclic amines) is 1. The number of H-pyrrole nitrogens is 1. The Morgan fingerprint density at radius 3 is 2.69 bits per heavy atom. The topological polar surface area (TPSA) is 86.5 Å². The van der Waals surface area contributed by atoms with Gasteiger partial charge in [0.25, 0.3) is 11.7 Å². The van der Waals surface area contributed by atoms with Crippen molar-refractivity contribution in [2.24, 2.45) is 0 Å². The molecule has 1 saturated heterocycles. The number of benzene rings is 2. The van der Waals surface area contributed by atoms with Crippen LogP contribution in [0.5, 0.6) is 0 Å².